The number of nitrogens with one attached hydrogen (secondary N) is 1. The van der Waals surface area contributed by atoms with Gasteiger partial charge in [0.25, 0.3) is 0 Å². The van der Waals surface area contributed by atoms with Crippen LogP contribution in [-0.2, 0) is 6.54 Å². The summed E-state index contributed by atoms with van der Waals surface area (Å²) >= 11 is 0. The van der Waals surface area contributed by atoms with Crippen LogP contribution in [0.2, 0.25) is 0 Å². The van der Waals surface area contributed by atoms with Crippen molar-refractivity contribution in [1.29, 1.82) is 0 Å². The van der Waals surface area contributed by atoms with Crippen molar-refractivity contribution in [3.05, 3.63) is 53.7 Å². The van der Waals surface area contributed by atoms with Crippen LogP contribution in [0.5, 0.6) is 11.6 Å². The van der Waals surface area contributed by atoms with Crippen molar-refractivity contribution in [2.45, 2.75) is 26.8 Å². The number of benzene rings is 1. The SMILES string of the molecule is CC(C)CCNCc1ccc(Oc2ccc(C(N)=O)cn2)cc1. The van der Waals surface area contributed by atoms with Crippen LogP contribution < -0.4 is 15.8 Å². The summed E-state index contributed by atoms with van der Waals surface area (Å²) in [6.07, 6.45) is 2.58. The van der Waals surface area contributed by atoms with E-state index in [9.17, 15) is 4.79 Å². The van der Waals surface area contributed by atoms with E-state index in [1.807, 2.05) is 24.3 Å². The second-order valence-corrected chi connectivity index (χ2v) is 5.85. The lowest BCUT2D eigenvalue weighted by Gasteiger charge is -2.08. The Balaban J connectivity index is 1.85. The number of ether oxygens (including phenoxy) is 1. The number of hydrogen-bond acceptors (Lipinski definition) is 4. The number of aromatic nitrogens is 1. The summed E-state index contributed by atoms with van der Waals surface area (Å²) in [5, 5.41) is 3.42. The third-order valence-corrected chi connectivity index (χ3v) is 3.39. The summed E-state index contributed by atoms with van der Waals surface area (Å²) < 4.78 is 5.64. The smallest absolute Gasteiger partial charge is 0.250 e. The van der Waals surface area contributed by atoms with E-state index in [0.717, 1.165) is 13.1 Å². The largest absolute Gasteiger partial charge is 0.439 e. The van der Waals surface area contributed by atoms with Crippen LogP contribution in [0.25, 0.3) is 0 Å². The molecule has 0 atom stereocenters. The molecule has 1 heterocycles. The molecule has 0 fully saturated rings. The number of nitrogens with two attached hydrogens (primary N) is 1. The monoisotopic (exact) mass is 313 g/mol. The zero-order valence-electron chi connectivity index (χ0n) is 13.6. The van der Waals surface area contributed by atoms with Crippen molar-refractivity contribution in [3.8, 4) is 11.6 Å². The molecule has 2 rings (SSSR count). The van der Waals surface area contributed by atoms with E-state index in [1.165, 1.54) is 18.2 Å². The number of hydrogen-bond donors (Lipinski definition) is 2. The Labute approximate surface area is 136 Å². The lowest BCUT2D eigenvalue weighted by molar-refractivity contribution is 0.1000. The molecule has 0 radical (unpaired) electrons. The van der Waals surface area contributed by atoms with Crippen LogP contribution in [-0.4, -0.2) is 17.4 Å². The number of carbonyl (C=O) groups excluding carboxylic acids is 1. The van der Waals surface area contributed by atoms with Gasteiger partial charge in [-0.15, -0.1) is 0 Å². The molecular weight excluding hydrogens is 290 g/mol. The molecule has 0 saturated heterocycles. The van der Waals surface area contributed by atoms with Crippen molar-refractivity contribution in [2.24, 2.45) is 11.7 Å². The number of carbonyl (C=O) groups is 1. The van der Waals surface area contributed by atoms with Crippen molar-refractivity contribution in [2.75, 3.05) is 6.54 Å². The van der Waals surface area contributed by atoms with Crippen LogP contribution in [0.3, 0.4) is 0 Å². The molecule has 0 unspecified atom stereocenters. The van der Waals surface area contributed by atoms with E-state index in [1.54, 1.807) is 12.1 Å². The molecule has 0 spiro atoms. The molecule has 0 saturated carbocycles. The van der Waals surface area contributed by atoms with Gasteiger partial charge in [-0.05, 0) is 42.6 Å². The van der Waals surface area contributed by atoms with Gasteiger partial charge in [0.15, 0.2) is 0 Å². The molecule has 1 amide bonds. The Morgan fingerprint density at radius 2 is 1.96 bits per heavy atom. The van der Waals surface area contributed by atoms with Gasteiger partial charge < -0.3 is 15.8 Å². The summed E-state index contributed by atoms with van der Waals surface area (Å²) in [5.74, 6) is 1.35. The summed E-state index contributed by atoms with van der Waals surface area (Å²) in [5.41, 5.74) is 6.74. The minimum atomic E-state index is -0.502. The highest BCUT2D eigenvalue weighted by Crippen LogP contribution is 2.19. The molecule has 23 heavy (non-hydrogen) atoms. The summed E-state index contributed by atoms with van der Waals surface area (Å²) in [6, 6.07) is 11.1. The Hall–Kier alpha value is -2.40. The molecule has 0 aliphatic heterocycles. The summed E-state index contributed by atoms with van der Waals surface area (Å²) in [7, 11) is 0. The molecule has 0 aliphatic carbocycles. The standard InChI is InChI=1S/C18H23N3O2/c1-13(2)9-10-20-11-14-3-6-16(7-4-14)23-17-8-5-15(12-21-17)18(19)22/h3-8,12-13,20H,9-11H2,1-2H3,(H2,19,22). The molecular formula is C18H23N3O2. The number of rotatable bonds is 8. The van der Waals surface area contributed by atoms with Crippen molar-refractivity contribution >= 4 is 5.91 Å². The Morgan fingerprint density at radius 1 is 1.22 bits per heavy atom. The first-order valence-electron chi connectivity index (χ1n) is 7.78. The molecule has 5 nitrogen and oxygen atoms in total. The third kappa shape index (κ3) is 5.71. The number of pyridine rings is 1. The van der Waals surface area contributed by atoms with E-state index in [2.05, 4.69) is 24.1 Å². The van der Waals surface area contributed by atoms with Gasteiger partial charge in [0.2, 0.25) is 11.8 Å². The maximum absolute atomic E-state index is 11.0. The van der Waals surface area contributed by atoms with Gasteiger partial charge in [0.1, 0.15) is 5.75 Å². The lowest BCUT2D eigenvalue weighted by Crippen LogP contribution is -2.16. The van der Waals surface area contributed by atoms with E-state index in [-0.39, 0.29) is 0 Å². The molecule has 2 aromatic rings. The second-order valence-electron chi connectivity index (χ2n) is 5.85. The zero-order chi connectivity index (χ0) is 16.7. The lowest BCUT2D eigenvalue weighted by atomic mass is 10.1. The van der Waals surface area contributed by atoms with E-state index < -0.39 is 5.91 Å². The summed E-state index contributed by atoms with van der Waals surface area (Å²) in [4.78, 5) is 15.0. The molecule has 1 aromatic heterocycles. The maximum atomic E-state index is 11.0. The predicted molar refractivity (Wildman–Crippen MR) is 90.4 cm³/mol. The highest BCUT2D eigenvalue weighted by Gasteiger charge is 2.03. The fourth-order valence-corrected chi connectivity index (χ4v) is 2.01. The van der Waals surface area contributed by atoms with E-state index in [4.69, 9.17) is 10.5 Å². The second kappa shape index (κ2) is 8.29. The maximum Gasteiger partial charge on any atom is 0.250 e. The Bertz CT molecular complexity index is 622. The molecule has 0 aliphatic rings. The van der Waals surface area contributed by atoms with Gasteiger partial charge in [-0.1, -0.05) is 26.0 Å². The van der Waals surface area contributed by atoms with Gasteiger partial charge in [-0.25, -0.2) is 4.98 Å². The zero-order valence-corrected chi connectivity index (χ0v) is 13.6. The molecule has 1 aromatic carbocycles. The minimum Gasteiger partial charge on any atom is -0.439 e. The highest BCUT2D eigenvalue weighted by molar-refractivity contribution is 5.92. The van der Waals surface area contributed by atoms with Gasteiger partial charge >= 0.3 is 0 Å². The fraction of sp³-hybridized carbons (Fsp3) is 0.333. The average molecular weight is 313 g/mol. The number of primary amides is 1. The Kier molecular flexibility index (Phi) is 6.11. The van der Waals surface area contributed by atoms with Gasteiger partial charge in [0, 0.05) is 18.8 Å². The average Bonchev–Trinajstić information content (AvgIpc) is 2.53. The van der Waals surface area contributed by atoms with Crippen molar-refractivity contribution < 1.29 is 9.53 Å². The van der Waals surface area contributed by atoms with E-state index >= 15 is 0 Å². The molecule has 3 N–H and O–H groups in total. The number of nitrogens with zero attached hydrogens (tertiary/aromatic N) is 1. The molecule has 5 heteroatoms. The third-order valence-electron chi connectivity index (χ3n) is 3.39. The Morgan fingerprint density at radius 3 is 2.52 bits per heavy atom. The van der Waals surface area contributed by atoms with Crippen molar-refractivity contribution in [1.82, 2.24) is 10.3 Å². The first kappa shape index (κ1) is 17.0. The van der Waals surface area contributed by atoms with E-state index in [0.29, 0.717) is 23.1 Å². The predicted octanol–water partition coefficient (Wildman–Crippen LogP) is 3.11. The van der Waals surface area contributed by atoms with Gasteiger partial charge in [-0.3, -0.25) is 4.79 Å². The number of amides is 1. The molecule has 0 bridgehead atoms. The quantitative estimate of drug-likeness (QED) is 0.734. The highest BCUT2D eigenvalue weighted by atomic mass is 16.5. The van der Waals surface area contributed by atoms with Crippen LogP contribution in [0.1, 0.15) is 36.2 Å². The van der Waals surface area contributed by atoms with Gasteiger partial charge in [0.05, 0.1) is 5.56 Å². The minimum absolute atomic E-state index is 0.361. The normalized spacial score (nSPS) is 10.7. The van der Waals surface area contributed by atoms with Crippen LogP contribution >= 0.6 is 0 Å². The van der Waals surface area contributed by atoms with Crippen molar-refractivity contribution in [3.63, 3.8) is 0 Å². The van der Waals surface area contributed by atoms with Gasteiger partial charge in [-0.2, -0.15) is 0 Å². The van der Waals surface area contributed by atoms with Crippen LogP contribution in [0, 0.1) is 5.92 Å². The fourth-order valence-electron chi connectivity index (χ4n) is 2.01. The van der Waals surface area contributed by atoms with Crippen LogP contribution in [0.15, 0.2) is 42.6 Å². The topological polar surface area (TPSA) is 77.2 Å². The first-order valence-corrected chi connectivity index (χ1v) is 7.78. The van der Waals surface area contributed by atoms with Crippen LogP contribution in [0.4, 0.5) is 0 Å². The molecule has 122 valence electrons. The first-order chi connectivity index (χ1) is 11.0. The summed E-state index contributed by atoms with van der Waals surface area (Å²) in [6.45, 7) is 6.31.